The van der Waals surface area contributed by atoms with E-state index in [4.69, 9.17) is 18.5 Å². The minimum atomic E-state index is -4.13. The number of hydrogen-bond acceptors (Lipinski definition) is 5. The van der Waals surface area contributed by atoms with Crippen LogP contribution in [0.3, 0.4) is 0 Å². The third-order valence-electron chi connectivity index (χ3n) is 8.15. The van der Waals surface area contributed by atoms with Crippen molar-refractivity contribution in [1.29, 1.82) is 0 Å². The quantitative estimate of drug-likeness (QED) is 0.0570. The fourth-order valence-electron chi connectivity index (χ4n) is 5.48. The van der Waals surface area contributed by atoms with E-state index in [1.54, 1.807) is 7.11 Å². The van der Waals surface area contributed by atoms with Crippen LogP contribution in [0.25, 0.3) is 0 Å². The maximum Gasteiger partial charge on any atom is 0.472 e. The van der Waals surface area contributed by atoms with Gasteiger partial charge in [-0.2, -0.15) is 0 Å². The summed E-state index contributed by atoms with van der Waals surface area (Å²) in [6.45, 7) is 6.81. The number of piperidine rings is 1. The third kappa shape index (κ3) is 22.3. The monoisotopic (exact) mass is 578 g/mol. The Morgan fingerprint density at radius 3 is 1.77 bits per heavy atom. The van der Waals surface area contributed by atoms with Gasteiger partial charge in [0.25, 0.3) is 0 Å². The summed E-state index contributed by atoms with van der Waals surface area (Å²) >= 11 is 0. The van der Waals surface area contributed by atoms with Crippen LogP contribution < -0.4 is 0 Å². The molecular weight excluding hydrogens is 513 g/mol. The molecule has 1 rings (SSSR count). The second kappa shape index (κ2) is 24.6. The van der Waals surface area contributed by atoms with E-state index in [0.717, 1.165) is 30.5 Å². The summed E-state index contributed by atoms with van der Waals surface area (Å²) in [7, 11) is -0.314. The molecule has 1 heterocycles. The van der Waals surface area contributed by atoms with Crippen molar-refractivity contribution in [3.63, 3.8) is 0 Å². The van der Waals surface area contributed by atoms with Crippen molar-refractivity contribution in [2.24, 2.45) is 0 Å². The molecule has 0 spiro atoms. The third-order valence-corrected chi connectivity index (χ3v) is 9.23. The van der Waals surface area contributed by atoms with Gasteiger partial charge in [0.15, 0.2) is 0 Å². The molecule has 0 aliphatic carbocycles. The zero-order chi connectivity index (χ0) is 28.5. The first-order valence-electron chi connectivity index (χ1n) is 16.5. The smallest absolute Gasteiger partial charge is 0.385 e. The van der Waals surface area contributed by atoms with E-state index in [0.29, 0.717) is 19.6 Å². The highest BCUT2D eigenvalue weighted by Gasteiger charge is 2.30. The van der Waals surface area contributed by atoms with Gasteiger partial charge in [0.05, 0.1) is 32.8 Å². The number of likely N-dealkylation sites (N-methyl/N-ethyl adjacent to an activating group) is 1. The number of nitrogens with zero attached hydrogens (tertiary/aromatic N) is 1. The molecule has 0 amide bonds. The van der Waals surface area contributed by atoms with Gasteiger partial charge in [0.2, 0.25) is 0 Å². The topological polar surface area (TPSA) is 74.2 Å². The first-order chi connectivity index (χ1) is 18.9. The largest absolute Gasteiger partial charge is 0.472 e. The molecule has 1 aliphatic heterocycles. The molecule has 39 heavy (non-hydrogen) atoms. The standard InChI is InChI=1S/C31H64NO6P/c1-4-5-6-7-8-9-10-11-12-13-14-15-16-17-18-22-27-36-30-31(23-28-35-3)38-39(33,34)37-29-26-32(2)24-20-19-21-25-32/h31H,4-30H2,1-3H3/p+1. The van der Waals surface area contributed by atoms with Gasteiger partial charge in [-0.25, -0.2) is 4.57 Å². The molecule has 234 valence electrons. The van der Waals surface area contributed by atoms with Gasteiger partial charge in [-0.3, -0.25) is 9.05 Å². The number of phosphoric ester groups is 1. The summed E-state index contributed by atoms with van der Waals surface area (Å²) in [4.78, 5) is 10.3. The molecular formula is C31H65NO6P+. The summed E-state index contributed by atoms with van der Waals surface area (Å²) in [5.74, 6) is 0. The Hall–Kier alpha value is -0.0100. The van der Waals surface area contributed by atoms with Crippen molar-refractivity contribution in [1.82, 2.24) is 0 Å². The molecule has 0 aromatic carbocycles. The van der Waals surface area contributed by atoms with Crippen LogP contribution in [0.4, 0.5) is 0 Å². The van der Waals surface area contributed by atoms with Gasteiger partial charge in [-0.1, -0.05) is 103 Å². The predicted molar refractivity (Wildman–Crippen MR) is 162 cm³/mol. The van der Waals surface area contributed by atoms with Crippen molar-refractivity contribution >= 4 is 7.82 Å². The van der Waals surface area contributed by atoms with Crippen molar-refractivity contribution in [2.45, 2.75) is 141 Å². The minimum absolute atomic E-state index is 0.224. The van der Waals surface area contributed by atoms with Crippen molar-refractivity contribution < 1.29 is 32.5 Å². The van der Waals surface area contributed by atoms with Crippen molar-refractivity contribution in [2.75, 3.05) is 60.2 Å². The normalized spacial score (nSPS) is 17.7. The van der Waals surface area contributed by atoms with Gasteiger partial charge < -0.3 is 18.9 Å². The Kier molecular flexibility index (Phi) is 23.3. The molecule has 1 saturated heterocycles. The number of rotatable bonds is 28. The maximum absolute atomic E-state index is 12.5. The van der Waals surface area contributed by atoms with Crippen molar-refractivity contribution in [3.8, 4) is 0 Å². The van der Waals surface area contributed by atoms with Gasteiger partial charge in [0.1, 0.15) is 13.2 Å². The van der Waals surface area contributed by atoms with E-state index in [2.05, 4.69) is 14.0 Å². The molecule has 2 unspecified atom stereocenters. The highest BCUT2D eigenvalue weighted by molar-refractivity contribution is 7.47. The first-order valence-corrected chi connectivity index (χ1v) is 18.0. The first kappa shape index (κ1) is 37.0. The highest BCUT2D eigenvalue weighted by atomic mass is 31.2. The average molecular weight is 579 g/mol. The number of hydrogen-bond donors (Lipinski definition) is 1. The molecule has 0 bridgehead atoms. The Balaban J connectivity index is 2.02. The Labute approximate surface area is 241 Å². The summed E-state index contributed by atoms with van der Waals surface area (Å²) in [6.07, 6.45) is 25.2. The second-order valence-electron chi connectivity index (χ2n) is 12.0. The molecule has 0 saturated carbocycles. The fourth-order valence-corrected chi connectivity index (χ4v) is 6.39. The summed E-state index contributed by atoms with van der Waals surface area (Å²) < 4.78 is 35.2. The van der Waals surface area contributed by atoms with E-state index < -0.39 is 13.9 Å². The van der Waals surface area contributed by atoms with Crippen LogP contribution in [-0.4, -0.2) is 75.7 Å². The fraction of sp³-hybridized carbons (Fsp3) is 1.00. The maximum atomic E-state index is 12.5. The summed E-state index contributed by atoms with van der Waals surface area (Å²) in [5.41, 5.74) is 0. The van der Waals surface area contributed by atoms with Crippen LogP contribution in [0.2, 0.25) is 0 Å². The molecule has 1 aliphatic rings. The zero-order valence-electron chi connectivity index (χ0n) is 26.1. The number of quaternary nitrogens is 1. The molecule has 1 fully saturated rings. The van der Waals surface area contributed by atoms with Crippen molar-refractivity contribution in [3.05, 3.63) is 0 Å². The summed E-state index contributed by atoms with van der Waals surface area (Å²) in [6, 6.07) is 0. The Morgan fingerprint density at radius 1 is 0.744 bits per heavy atom. The van der Waals surface area contributed by atoms with Crippen LogP contribution in [-0.2, 0) is 23.1 Å². The Bertz CT molecular complexity index is 587. The van der Waals surface area contributed by atoms with Gasteiger partial charge in [-0.05, 0) is 32.1 Å². The van der Waals surface area contributed by atoms with Gasteiger partial charge in [0, 0.05) is 20.3 Å². The lowest BCUT2D eigenvalue weighted by Gasteiger charge is -2.37. The predicted octanol–water partition coefficient (Wildman–Crippen LogP) is 8.43. The molecule has 0 radical (unpaired) electrons. The Morgan fingerprint density at radius 2 is 1.26 bits per heavy atom. The molecule has 0 aromatic heterocycles. The van der Waals surface area contributed by atoms with E-state index >= 15 is 0 Å². The van der Waals surface area contributed by atoms with Crippen LogP contribution in [0.1, 0.15) is 135 Å². The minimum Gasteiger partial charge on any atom is -0.385 e. The van der Waals surface area contributed by atoms with E-state index in [-0.39, 0.29) is 13.2 Å². The van der Waals surface area contributed by atoms with Gasteiger partial charge in [-0.15, -0.1) is 0 Å². The van der Waals surface area contributed by atoms with Crippen LogP contribution in [0.5, 0.6) is 0 Å². The second-order valence-corrected chi connectivity index (χ2v) is 13.4. The lowest BCUT2D eigenvalue weighted by molar-refractivity contribution is -0.914. The lowest BCUT2D eigenvalue weighted by Crippen LogP contribution is -2.49. The van der Waals surface area contributed by atoms with E-state index in [1.807, 2.05) is 0 Å². The molecule has 8 heteroatoms. The van der Waals surface area contributed by atoms with Crippen LogP contribution in [0, 0.1) is 0 Å². The number of methoxy groups -OCH3 is 1. The SMILES string of the molecule is CCCCCCCCCCCCCCCCCCOCC(CCOC)OP(=O)(O)OCC[N+]1(C)CCCCC1. The number of phosphoric acid groups is 1. The van der Waals surface area contributed by atoms with E-state index in [9.17, 15) is 9.46 Å². The zero-order valence-corrected chi connectivity index (χ0v) is 26.9. The highest BCUT2D eigenvalue weighted by Crippen LogP contribution is 2.45. The number of ether oxygens (including phenoxy) is 2. The molecule has 2 atom stereocenters. The van der Waals surface area contributed by atoms with Crippen LogP contribution in [0.15, 0.2) is 0 Å². The van der Waals surface area contributed by atoms with Crippen LogP contribution >= 0.6 is 7.82 Å². The lowest BCUT2D eigenvalue weighted by atomic mass is 10.0. The van der Waals surface area contributed by atoms with Gasteiger partial charge >= 0.3 is 7.82 Å². The molecule has 7 nitrogen and oxygen atoms in total. The molecule has 1 N–H and O–H groups in total. The van der Waals surface area contributed by atoms with E-state index in [1.165, 1.54) is 116 Å². The average Bonchev–Trinajstić information content (AvgIpc) is 2.91. The number of likely N-dealkylation sites (tertiary alicyclic amines) is 1. The molecule has 0 aromatic rings. The summed E-state index contributed by atoms with van der Waals surface area (Å²) in [5, 5.41) is 0. The number of unbranched alkanes of at least 4 members (excludes halogenated alkanes) is 15.